The van der Waals surface area contributed by atoms with Gasteiger partial charge in [0.2, 0.25) is 0 Å². The third-order valence-electron chi connectivity index (χ3n) is 3.99. The van der Waals surface area contributed by atoms with Crippen molar-refractivity contribution in [1.82, 2.24) is 9.97 Å². The van der Waals surface area contributed by atoms with Crippen molar-refractivity contribution in [3.05, 3.63) is 11.9 Å². The zero-order valence-corrected chi connectivity index (χ0v) is 12.8. The van der Waals surface area contributed by atoms with E-state index in [0.717, 1.165) is 42.4 Å². The second-order valence-corrected chi connectivity index (χ2v) is 6.11. The Bertz CT molecular complexity index is 428. The van der Waals surface area contributed by atoms with Gasteiger partial charge in [-0.15, -0.1) is 0 Å². The molecule has 1 aromatic heterocycles. The fourth-order valence-corrected chi connectivity index (χ4v) is 2.54. The van der Waals surface area contributed by atoms with E-state index < -0.39 is 0 Å². The summed E-state index contributed by atoms with van der Waals surface area (Å²) in [5.74, 6) is 4.81. The molecule has 1 saturated heterocycles. The van der Waals surface area contributed by atoms with E-state index >= 15 is 0 Å². The lowest BCUT2D eigenvalue weighted by Crippen LogP contribution is -2.23. The van der Waals surface area contributed by atoms with E-state index in [4.69, 9.17) is 4.98 Å². The highest BCUT2D eigenvalue weighted by molar-refractivity contribution is 5.50. The van der Waals surface area contributed by atoms with Gasteiger partial charge in [-0.3, -0.25) is 0 Å². The normalized spacial score (nSPS) is 19.5. The van der Waals surface area contributed by atoms with Crippen LogP contribution in [0.5, 0.6) is 0 Å². The minimum absolute atomic E-state index is 0.357. The van der Waals surface area contributed by atoms with Gasteiger partial charge in [-0.2, -0.15) is 0 Å². The van der Waals surface area contributed by atoms with Crippen LogP contribution in [0.2, 0.25) is 0 Å². The van der Waals surface area contributed by atoms with Crippen molar-refractivity contribution in [3.63, 3.8) is 0 Å². The predicted molar refractivity (Wildman–Crippen MR) is 80.8 cm³/mol. The summed E-state index contributed by atoms with van der Waals surface area (Å²) in [6, 6.07) is 2.06. The highest BCUT2D eigenvalue weighted by atomic mass is 15.2. The monoisotopic (exact) mass is 262 g/mol. The molecule has 0 saturated carbocycles. The number of hydrogen-bond acceptors (Lipinski definition) is 4. The molecule has 106 valence electrons. The van der Waals surface area contributed by atoms with Crippen LogP contribution < -0.4 is 10.2 Å². The number of nitrogens with one attached hydrogen (secondary N) is 1. The molecular formula is C15H26N4. The third kappa shape index (κ3) is 3.17. The van der Waals surface area contributed by atoms with Crippen LogP contribution in [0.15, 0.2) is 6.07 Å². The Morgan fingerprint density at radius 1 is 1.26 bits per heavy atom. The van der Waals surface area contributed by atoms with Gasteiger partial charge in [0.25, 0.3) is 0 Å². The summed E-state index contributed by atoms with van der Waals surface area (Å²) in [6.07, 6.45) is 1.27. The molecule has 2 rings (SSSR count). The molecule has 19 heavy (non-hydrogen) atoms. The zero-order valence-electron chi connectivity index (χ0n) is 12.8. The first-order valence-electron chi connectivity index (χ1n) is 7.33. The first kappa shape index (κ1) is 14.1. The topological polar surface area (TPSA) is 41.0 Å². The second kappa shape index (κ2) is 5.76. The van der Waals surface area contributed by atoms with E-state index in [9.17, 15) is 0 Å². The van der Waals surface area contributed by atoms with Crippen molar-refractivity contribution in [2.45, 2.75) is 40.0 Å². The van der Waals surface area contributed by atoms with E-state index in [2.05, 4.69) is 49.0 Å². The second-order valence-electron chi connectivity index (χ2n) is 6.11. The van der Waals surface area contributed by atoms with E-state index in [1.807, 2.05) is 7.05 Å². The Hall–Kier alpha value is -1.32. The van der Waals surface area contributed by atoms with Crippen LogP contribution in [0.1, 0.15) is 45.9 Å². The van der Waals surface area contributed by atoms with Gasteiger partial charge < -0.3 is 10.2 Å². The summed E-state index contributed by atoms with van der Waals surface area (Å²) >= 11 is 0. The number of hydrogen-bond donors (Lipinski definition) is 1. The summed E-state index contributed by atoms with van der Waals surface area (Å²) in [5.41, 5.74) is 0. The van der Waals surface area contributed by atoms with Crippen molar-refractivity contribution < 1.29 is 0 Å². The maximum Gasteiger partial charge on any atom is 0.135 e. The molecule has 1 aliphatic heterocycles. The molecule has 4 heteroatoms. The van der Waals surface area contributed by atoms with Crippen molar-refractivity contribution in [2.24, 2.45) is 11.8 Å². The molecule has 0 spiro atoms. The van der Waals surface area contributed by atoms with E-state index in [1.165, 1.54) is 6.42 Å². The summed E-state index contributed by atoms with van der Waals surface area (Å²) in [7, 11) is 1.91. The summed E-state index contributed by atoms with van der Waals surface area (Å²) in [5, 5.41) is 3.14. The first-order valence-corrected chi connectivity index (χ1v) is 7.33. The van der Waals surface area contributed by atoms with Gasteiger partial charge in [0.05, 0.1) is 0 Å². The van der Waals surface area contributed by atoms with E-state index in [1.54, 1.807) is 0 Å². The van der Waals surface area contributed by atoms with Crippen LogP contribution in [-0.2, 0) is 0 Å². The molecule has 1 N–H and O–H groups in total. The molecule has 1 aliphatic rings. The molecular weight excluding hydrogens is 236 g/mol. The molecule has 0 bridgehead atoms. The standard InChI is InChI=1S/C15H26N4/c1-10(2)12-6-7-19(9-12)14-8-13(16-5)17-15(18-14)11(3)4/h8,10-12H,6-7,9H2,1-5H3,(H,16,17,18). The Labute approximate surface area is 116 Å². The van der Waals surface area contributed by atoms with Crippen LogP contribution in [0, 0.1) is 11.8 Å². The Kier molecular flexibility index (Phi) is 4.27. The van der Waals surface area contributed by atoms with Gasteiger partial charge in [-0.25, -0.2) is 9.97 Å². The smallest absolute Gasteiger partial charge is 0.135 e. The summed E-state index contributed by atoms with van der Waals surface area (Å²) in [4.78, 5) is 11.7. The van der Waals surface area contributed by atoms with Crippen molar-refractivity contribution in [3.8, 4) is 0 Å². The maximum atomic E-state index is 4.73. The highest BCUT2D eigenvalue weighted by Gasteiger charge is 2.26. The van der Waals surface area contributed by atoms with E-state index in [-0.39, 0.29) is 0 Å². The minimum Gasteiger partial charge on any atom is -0.373 e. The van der Waals surface area contributed by atoms with Gasteiger partial charge in [-0.1, -0.05) is 27.7 Å². The number of aromatic nitrogens is 2. The van der Waals surface area contributed by atoms with Crippen LogP contribution >= 0.6 is 0 Å². The van der Waals surface area contributed by atoms with Crippen LogP contribution in [0.3, 0.4) is 0 Å². The molecule has 2 heterocycles. The van der Waals surface area contributed by atoms with Crippen LogP contribution in [0.25, 0.3) is 0 Å². The van der Waals surface area contributed by atoms with E-state index in [0.29, 0.717) is 5.92 Å². The average molecular weight is 262 g/mol. The fourth-order valence-electron chi connectivity index (χ4n) is 2.54. The quantitative estimate of drug-likeness (QED) is 0.905. The largest absolute Gasteiger partial charge is 0.373 e. The molecule has 0 radical (unpaired) electrons. The minimum atomic E-state index is 0.357. The summed E-state index contributed by atoms with van der Waals surface area (Å²) in [6.45, 7) is 11.1. The zero-order chi connectivity index (χ0) is 14.0. The number of nitrogens with zero attached hydrogens (tertiary/aromatic N) is 3. The first-order chi connectivity index (χ1) is 9.01. The Morgan fingerprint density at radius 2 is 2.00 bits per heavy atom. The lowest BCUT2D eigenvalue weighted by Gasteiger charge is -2.20. The molecule has 1 fully saturated rings. The average Bonchev–Trinajstić information content (AvgIpc) is 2.87. The van der Waals surface area contributed by atoms with Gasteiger partial charge in [0, 0.05) is 32.1 Å². The molecule has 0 aliphatic carbocycles. The Morgan fingerprint density at radius 3 is 2.53 bits per heavy atom. The van der Waals surface area contributed by atoms with Gasteiger partial charge in [-0.05, 0) is 18.3 Å². The Balaban J connectivity index is 2.22. The fraction of sp³-hybridized carbons (Fsp3) is 0.733. The molecule has 0 aromatic carbocycles. The lowest BCUT2D eigenvalue weighted by molar-refractivity contribution is 0.422. The molecule has 1 unspecified atom stereocenters. The number of rotatable bonds is 4. The van der Waals surface area contributed by atoms with Gasteiger partial charge in [0.1, 0.15) is 17.5 Å². The van der Waals surface area contributed by atoms with Crippen molar-refractivity contribution >= 4 is 11.6 Å². The maximum absolute atomic E-state index is 4.73. The molecule has 1 aromatic rings. The SMILES string of the molecule is CNc1cc(N2CCC(C(C)C)C2)nc(C(C)C)n1. The predicted octanol–water partition coefficient (Wildman–Crippen LogP) is 3.12. The molecule has 4 nitrogen and oxygen atoms in total. The third-order valence-corrected chi connectivity index (χ3v) is 3.99. The van der Waals surface area contributed by atoms with Gasteiger partial charge in [0.15, 0.2) is 0 Å². The molecule has 1 atom stereocenters. The van der Waals surface area contributed by atoms with Crippen LogP contribution in [0.4, 0.5) is 11.6 Å². The lowest BCUT2D eigenvalue weighted by atomic mass is 9.95. The van der Waals surface area contributed by atoms with Gasteiger partial charge >= 0.3 is 0 Å². The van der Waals surface area contributed by atoms with Crippen LogP contribution in [-0.4, -0.2) is 30.1 Å². The van der Waals surface area contributed by atoms with Crippen molar-refractivity contribution in [2.75, 3.05) is 30.4 Å². The highest BCUT2D eigenvalue weighted by Crippen LogP contribution is 2.28. The summed E-state index contributed by atoms with van der Waals surface area (Å²) < 4.78 is 0. The number of anilines is 2. The van der Waals surface area contributed by atoms with Crippen molar-refractivity contribution in [1.29, 1.82) is 0 Å². The molecule has 0 amide bonds.